The fourth-order valence-corrected chi connectivity index (χ4v) is 2.80. The highest BCUT2D eigenvalue weighted by Crippen LogP contribution is 2.27. The van der Waals surface area contributed by atoms with Gasteiger partial charge in [0.05, 0.1) is 10.7 Å². The third kappa shape index (κ3) is 2.58. The van der Waals surface area contributed by atoms with Crippen molar-refractivity contribution in [1.29, 1.82) is 0 Å². The molecule has 0 saturated carbocycles. The van der Waals surface area contributed by atoms with Crippen molar-refractivity contribution >= 4 is 21.6 Å². The van der Waals surface area contributed by atoms with E-state index in [4.69, 9.17) is 4.98 Å². The lowest BCUT2D eigenvalue weighted by molar-refractivity contribution is 0.547. The van der Waals surface area contributed by atoms with Crippen LogP contribution in [0.3, 0.4) is 0 Å². The van der Waals surface area contributed by atoms with E-state index in [0.29, 0.717) is 5.92 Å². The van der Waals surface area contributed by atoms with E-state index in [1.54, 1.807) is 0 Å². The minimum atomic E-state index is 0.575. The van der Waals surface area contributed by atoms with Crippen LogP contribution in [0.4, 0.5) is 0 Å². The van der Waals surface area contributed by atoms with Crippen molar-refractivity contribution < 1.29 is 0 Å². The molecule has 2 rings (SSSR count). The lowest BCUT2D eigenvalue weighted by atomic mass is 9.94. The molecule has 0 atom stereocenters. The molecule has 0 N–H and O–H groups in total. The molecule has 98 valence electrons. The molecular weight excluding hydrogens is 290 g/mol. The first kappa shape index (κ1) is 13.5. The molecule has 2 aromatic rings. The molecule has 0 aliphatic rings. The molecule has 0 unspecified atom stereocenters. The molecule has 0 bridgehead atoms. The van der Waals surface area contributed by atoms with E-state index in [0.717, 1.165) is 15.8 Å². The Morgan fingerprint density at radius 1 is 1.28 bits per heavy atom. The SMILES string of the molecule is CCCC(CCC)c1cc(C)n2ncc(Br)c2n1. The Morgan fingerprint density at radius 2 is 1.94 bits per heavy atom. The van der Waals surface area contributed by atoms with Gasteiger partial charge in [-0.05, 0) is 41.8 Å². The topological polar surface area (TPSA) is 30.2 Å². The second-order valence-electron chi connectivity index (χ2n) is 4.82. The van der Waals surface area contributed by atoms with Crippen molar-refractivity contribution in [3.05, 3.63) is 28.1 Å². The van der Waals surface area contributed by atoms with Crippen molar-refractivity contribution in [2.75, 3.05) is 0 Å². The highest BCUT2D eigenvalue weighted by molar-refractivity contribution is 9.10. The molecule has 0 fully saturated rings. The summed E-state index contributed by atoms with van der Waals surface area (Å²) in [6.45, 7) is 6.57. The number of hydrogen-bond acceptors (Lipinski definition) is 2. The Kier molecular flexibility index (Phi) is 4.38. The predicted molar refractivity (Wildman–Crippen MR) is 78.0 cm³/mol. The van der Waals surface area contributed by atoms with Gasteiger partial charge in [0.2, 0.25) is 0 Å². The molecule has 2 aromatic heterocycles. The van der Waals surface area contributed by atoms with Gasteiger partial charge in [-0.15, -0.1) is 0 Å². The summed E-state index contributed by atoms with van der Waals surface area (Å²) in [5, 5.41) is 4.32. The Balaban J connectivity index is 2.45. The van der Waals surface area contributed by atoms with Gasteiger partial charge in [0.25, 0.3) is 0 Å². The van der Waals surface area contributed by atoms with E-state index in [1.807, 2.05) is 10.7 Å². The fraction of sp³-hybridized carbons (Fsp3) is 0.571. The van der Waals surface area contributed by atoms with E-state index in [9.17, 15) is 0 Å². The fourth-order valence-electron chi connectivity index (χ4n) is 2.46. The molecular formula is C14H20BrN3. The summed E-state index contributed by atoms with van der Waals surface area (Å²) in [4.78, 5) is 4.79. The summed E-state index contributed by atoms with van der Waals surface area (Å²) in [7, 11) is 0. The van der Waals surface area contributed by atoms with Gasteiger partial charge in [-0.2, -0.15) is 5.10 Å². The standard InChI is InChI=1S/C14H20BrN3/c1-4-6-11(7-5-2)13-8-10(3)18-14(17-13)12(15)9-16-18/h8-9,11H,4-7H2,1-3H3. The van der Waals surface area contributed by atoms with Gasteiger partial charge < -0.3 is 0 Å². The van der Waals surface area contributed by atoms with Gasteiger partial charge in [-0.1, -0.05) is 26.7 Å². The summed E-state index contributed by atoms with van der Waals surface area (Å²) in [5.74, 6) is 0.575. The van der Waals surface area contributed by atoms with E-state index in [2.05, 4.69) is 47.9 Å². The van der Waals surface area contributed by atoms with Crippen LogP contribution in [-0.4, -0.2) is 14.6 Å². The smallest absolute Gasteiger partial charge is 0.169 e. The Labute approximate surface area is 117 Å². The maximum Gasteiger partial charge on any atom is 0.169 e. The quantitative estimate of drug-likeness (QED) is 0.815. The average Bonchev–Trinajstić information content (AvgIpc) is 2.72. The summed E-state index contributed by atoms with van der Waals surface area (Å²) in [6.07, 6.45) is 6.65. The maximum atomic E-state index is 4.79. The largest absolute Gasteiger partial charge is 0.232 e. The van der Waals surface area contributed by atoms with Gasteiger partial charge >= 0.3 is 0 Å². The number of halogens is 1. The Morgan fingerprint density at radius 3 is 2.56 bits per heavy atom. The highest BCUT2D eigenvalue weighted by Gasteiger charge is 2.15. The minimum Gasteiger partial charge on any atom is -0.232 e. The minimum absolute atomic E-state index is 0.575. The van der Waals surface area contributed by atoms with Gasteiger partial charge in [-0.25, -0.2) is 9.50 Å². The molecule has 0 aliphatic heterocycles. The van der Waals surface area contributed by atoms with E-state index in [1.165, 1.54) is 31.4 Å². The highest BCUT2D eigenvalue weighted by atomic mass is 79.9. The molecule has 18 heavy (non-hydrogen) atoms. The number of fused-ring (bicyclic) bond motifs is 1. The van der Waals surface area contributed by atoms with Crippen LogP contribution in [0.5, 0.6) is 0 Å². The molecule has 4 heteroatoms. The van der Waals surface area contributed by atoms with Gasteiger partial charge in [0.15, 0.2) is 5.65 Å². The molecule has 0 saturated heterocycles. The number of hydrogen-bond donors (Lipinski definition) is 0. The first-order valence-corrected chi connectivity index (χ1v) is 7.47. The van der Waals surface area contributed by atoms with Crippen LogP contribution in [0, 0.1) is 6.92 Å². The number of nitrogens with zero attached hydrogens (tertiary/aromatic N) is 3. The van der Waals surface area contributed by atoms with Crippen molar-refractivity contribution in [3.8, 4) is 0 Å². The third-order valence-corrected chi connectivity index (χ3v) is 3.88. The van der Waals surface area contributed by atoms with E-state index < -0.39 is 0 Å². The molecule has 2 heterocycles. The van der Waals surface area contributed by atoms with Gasteiger partial charge in [0.1, 0.15) is 0 Å². The summed E-state index contributed by atoms with van der Waals surface area (Å²) >= 11 is 3.52. The lowest BCUT2D eigenvalue weighted by Crippen LogP contribution is -2.05. The van der Waals surface area contributed by atoms with Gasteiger partial charge in [0, 0.05) is 17.3 Å². The Bertz CT molecular complexity index is 527. The average molecular weight is 310 g/mol. The molecule has 0 radical (unpaired) electrons. The van der Waals surface area contributed by atoms with Crippen LogP contribution >= 0.6 is 15.9 Å². The predicted octanol–water partition coefficient (Wildman–Crippen LogP) is 4.48. The second kappa shape index (κ2) is 5.83. The van der Waals surface area contributed by atoms with Crippen LogP contribution in [0.15, 0.2) is 16.7 Å². The normalized spacial score (nSPS) is 11.6. The molecule has 0 aromatic carbocycles. The lowest BCUT2D eigenvalue weighted by Gasteiger charge is -2.15. The van der Waals surface area contributed by atoms with Crippen molar-refractivity contribution in [2.24, 2.45) is 0 Å². The van der Waals surface area contributed by atoms with Crippen LogP contribution in [0.25, 0.3) is 5.65 Å². The van der Waals surface area contributed by atoms with Crippen LogP contribution in [0.1, 0.15) is 56.8 Å². The molecule has 0 spiro atoms. The van der Waals surface area contributed by atoms with Crippen molar-refractivity contribution in [3.63, 3.8) is 0 Å². The number of aromatic nitrogens is 3. The number of rotatable bonds is 5. The zero-order valence-corrected chi connectivity index (χ0v) is 12.9. The molecule has 3 nitrogen and oxygen atoms in total. The van der Waals surface area contributed by atoms with Gasteiger partial charge in [-0.3, -0.25) is 0 Å². The molecule has 0 aliphatic carbocycles. The van der Waals surface area contributed by atoms with Crippen LogP contribution in [0.2, 0.25) is 0 Å². The number of aryl methyl sites for hydroxylation is 1. The first-order valence-electron chi connectivity index (χ1n) is 6.68. The molecule has 0 amide bonds. The second-order valence-corrected chi connectivity index (χ2v) is 5.68. The monoisotopic (exact) mass is 309 g/mol. The summed E-state index contributed by atoms with van der Waals surface area (Å²) in [5.41, 5.74) is 3.30. The van der Waals surface area contributed by atoms with Crippen molar-refractivity contribution in [1.82, 2.24) is 14.6 Å². The maximum absolute atomic E-state index is 4.79. The summed E-state index contributed by atoms with van der Waals surface area (Å²) < 4.78 is 2.86. The third-order valence-electron chi connectivity index (χ3n) is 3.32. The summed E-state index contributed by atoms with van der Waals surface area (Å²) in [6, 6.07) is 2.18. The van der Waals surface area contributed by atoms with E-state index in [-0.39, 0.29) is 0 Å². The first-order chi connectivity index (χ1) is 8.67. The Hall–Kier alpha value is -0.900. The zero-order chi connectivity index (χ0) is 13.1. The van der Waals surface area contributed by atoms with Crippen LogP contribution < -0.4 is 0 Å². The van der Waals surface area contributed by atoms with E-state index >= 15 is 0 Å². The van der Waals surface area contributed by atoms with Crippen molar-refractivity contribution in [2.45, 2.75) is 52.4 Å². The van der Waals surface area contributed by atoms with Crippen LogP contribution in [-0.2, 0) is 0 Å². The zero-order valence-electron chi connectivity index (χ0n) is 11.3.